The maximum Gasteiger partial charge on any atom is 0.339 e. The van der Waals surface area contributed by atoms with E-state index in [-0.39, 0.29) is 32.0 Å². The molecule has 2 heterocycles. The minimum absolute atomic E-state index is 0.0339. The van der Waals surface area contributed by atoms with Crippen LogP contribution in [0.4, 0.5) is 4.79 Å². The molecule has 160 valence electrons. The summed E-state index contributed by atoms with van der Waals surface area (Å²) in [5, 5.41) is 19.3. The number of sulfonamides is 1. The number of halogens is 1. The first kappa shape index (κ1) is 21.8. The van der Waals surface area contributed by atoms with Gasteiger partial charge in [0, 0.05) is 24.7 Å². The number of carbonyl (C=O) groups is 2. The third-order valence-electron chi connectivity index (χ3n) is 5.80. The van der Waals surface area contributed by atoms with E-state index in [2.05, 4.69) is 0 Å². The number of carboxylic acids is 1. The number of nitrogens with zero attached hydrogens (tertiary/aromatic N) is 2. The van der Waals surface area contributed by atoms with Gasteiger partial charge in [-0.1, -0.05) is 23.7 Å². The van der Waals surface area contributed by atoms with Crippen molar-refractivity contribution >= 4 is 33.6 Å². The summed E-state index contributed by atoms with van der Waals surface area (Å²) in [5.41, 5.74) is 3.60. The van der Waals surface area contributed by atoms with Crippen molar-refractivity contribution in [1.82, 2.24) is 9.21 Å². The average molecular weight is 446 g/mol. The van der Waals surface area contributed by atoms with E-state index in [1.54, 1.807) is 6.07 Å². The van der Waals surface area contributed by atoms with Crippen LogP contribution in [-0.4, -0.2) is 76.9 Å². The van der Waals surface area contributed by atoms with E-state index in [9.17, 15) is 28.2 Å². The lowest BCUT2D eigenvalue weighted by Crippen LogP contribution is -2.66. The van der Waals surface area contributed by atoms with E-state index >= 15 is 0 Å². The van der Waals surface area contributed by atoms with Crippen LogP contribution in [0.3, 0.4) is 0 Å². The van der Waals surface area contributed by atoms with Crippen LogP contribution in [0.5, 0.6) is 0 Å². The Hall–Kier alpha value is -1.88. The number of benzene rings is 1. The van der Waals surface area contributed by atoms with Gasteiger partial charge in [0.2, 0.25) is 10.0 Å². The Kier molecular flexibility index (Phi) is 6.09. The molecule has 2 aliphatic rings. The fourth-order valence-electron chi connectivity index (χ4n) is 4.16. The molecule has 0 saturated carbocycles. The lowest BCUT2D eigenvalue weighted by Gasteiger charge is -2.43. The van der Waals surface area contributed by atoms with Gasteiger partial charge in [-0.15, -0.1) is 0 Å². The van der Waals surface area contributed by atoms with Crippen LogP contribution in [0.1, 0.15) is 30.7 Å². The van der Waals surface area contributed by atoms with E-state index in [0.29, 0.717) is 17.9 Å². The number of rotatable bonds is 4. The number of aliphatic hydroxyl groups is 1. The van der Waals surface area contributed by atoms with Crippen molar-refractivity contribution in [2.75, 3.05) is 26.2 Å². The Bertz CT molecular complexity index is 903. The monoisotopic (exact) mass is 445 g/mol. The number of carbonyl (C=O) groups excluding carboxylic acids is 1. The molecule has 0 bridgehead atoms. The van der Waals surface area contributed by atoms with Crippen LogP contribution in [0.2, 0.25) is 5.02 Å². The number of likely N-dealkylation sites (tertiary alicyclic amines) is 1. The molecule has 0 aliphatic carbocycles. The van der Waals surface area contributed by atoms with E-state index in [1.807, 2.05) is 18.2 Å². The molecule has 29 heavy (non-hydrogen) atoms. The fourth-order valence-corrected chi connectivity index (χ4v) is 6.51. The number of carboxylic acid groups (broad SMARTS) is 1. The van der Waals surface area contributed by atoms with Gasteiger partial charge in [-0.25, -0.2) is 22.3 Å². The van der Waals surface area contributed by atoms with Gasteiger partial charge in [-0.2, -0.15) is 0 Å². The zero-order chi connectivity index (χ0) is 21.4. The minimum Gasteiger partial charge on any atom is -0.479 e. The highest BCUT2D eigenvalue weighted by molar-refractivity contribution is 7.89. The lowest BCUT2D eigenvalue weighted by molar-refractivity contribution is -0.162. The van der Waals surface area contributed by atoms with Crippen molar-refractivity contribution in [2.24, 2.45) is 5.73 Å². The molecule has 2 aliphatic heterocycles. The van der Waals surface area contributed by atoms with Crippen molar-refractivity contribution in [3.05, 3.63) is 34.9 Å². The predicted octanol–water partition coefficient (Wildman–Crippen LogP) is 0.818. The van der Waals surface area contributed by atoms with Gasteiger partial charge >= 0.3 is 12.0 Å². The SMILES string of the molecule is NC(=O)N1CCC(S(=O)(=O)N2CCC(c3cccc(Cl)c3)CC2)C(O)(C(=O)O)C1. The topological polar surface area (TPSA) is 141 Å². The third-order valence-corrected chi connectivity index (χ3v) is 8.47. The Labute approximate surface area is 174 Å². The summed E-state index contributed by atoms with van der Waals surface area (Å²) in [4.78, 5) is 24.1. The van der Waals surface area contributed by atoms with Crippen molar-refractivity contribution < 1.29 is 28.2 Å². The van der Waals surface area contributed by atoms with Gasteiger partial charge in [0.15, 0.2) is 5.60 Å². The molecule has 3 rings (SSSR count). The molecule has 0 radical (unpaired) electrons. The summed E-state index contributed by atoms with van der Waals surface area (Å²) in [7, 11) is -4.10. The third kappa shape index (κ3) is 4.20. The van der Waals surface area contributed by atoms with Gasteiger partial charge in [-0.3, -0.25) is 0 Å². The number of β-amino-alcohol motifs (C(OH)–C–C–N with tert-alkyl or cyclic N) is 1. The summed E-state index contributed by atoms with van der Waals surface area (Å²) in [6.45, 7) is -0.273. The molecule has 2 saturated heterocycles. The molecule has 2 unspecified atom stereocenters. The second-order valence-corrected chi connectivity index (χ2v) is 10.1. The first-order chi connectivity index (χ1) is 13.6. The number of urea groups is 1. The van der Waals surface area contributed by atoms with Crippen LogP contribution in [0, 0.1) is 0 Å². The average Bonchev–Trinajstić information content (AvgIpc) is 2.67. The van der Waals surface area contributed by atoms with E-state index < -0.39 is 39.4 Å². The zero-order valence-corrected chi connectivity index (χ0v) is 17.3. The first-order valence-electron chi connectivity index (χ1n) is 9.30. The zero-order valence-electron chi connectivity index (χ0n) is 15.7. The molecular formula is C18H24ClN3O6S. The van der Waals surface area contributed by atoms with Gasteiger partial charge in [0.1, 0.15) is 5.25 Å². The summed E-state index contributed by atoms with van der Waals surface area (Å²) >= 11 is 6.04. The van der Waals surface area contributed by atoms with E-state index in [1.165, 1.54) is 4.31 Å². The summed E-state index contributed by atoms with van der Waals surface area (Å²) in [6.07, 6.45) is 0.915. The van der Waals surface area contributed by atoms with Gasteiger partial charge in [0.05, 0.1) is 6.54 Å². The van der Waals surface area contributed by atoms with Crippen LogP contribution in [-0.2, 0) is 14.8 Å². The molecular weight excluding hydrogens is 422 g/mol. The second kappa shape index (κ2) is 8.10. The van der Waals surface area contributed by atoms with Crippen molar-refractivity contribution in [3.8, 4) is 0 Å². The molecule has 11 heteroatoms. The Balaban J connectivity index is 1.76. The van der Waals surface area contributed by atoms with Crippen LogP contribution in [0.15, 0.2) is 24.3 Å². The van der Waals surface area contributed by atoms with Gasteiger partial charge in [-0.05, 0) is 42.9 Å². The van der Waals surface area contributed by atoms with Crippen molar-refractivity contribution in [3.63, 3.8) is 0 Å². The Morgan fingerprint density at radius 3 is 2.38 bits per heavy atom. The van der Waals surface area contributed by atoms with Crippen molar-refractivity contribution in [1.29, 1.82) is 0 Å². The van der Waals surface area contributed by atoms with Crippen molar-refractivity contribution in [2.45, 2.75) is 36.0 Å². The Morgan fingerprint density at radius 2 is 1.83 bits per heavy atom. The molecule has 1 aromatic carbocycles. The van der Waals surface area contributed by atoms with Crippen LogP contribution >= 0.6 is 11.6 Å². The van der Waals surface area contributed by atoms with E-state index in [0.717, 1.165) is 10.5 Å². The predicted molar refractivity (Wildman–Crippen MR) is 106 cm³/mol. The normalized spacial score (nSPS) is 27.0. The number of amides is 2. The highest BCUT2D eigenvalue weighted by Gasteiger charge is 2.56. The largest absolute Gasteiger partial charge is 0.479 e. The summed E-state index contributed by atoms with van der Waals surface area (Å²) < 4.78 is 27.6. The molecule has 4 N–H and O–H groups in total. The summed E-state index contributed by atoms with van der Waals surface area (Å²) in [6, 6.07) is 6.53. The highest BCUT2D eigenvalue weighted by atomic mass is 35.5. The Morgan fingerprint density at radius 1 is 1.17 bits per heavy atom. The van der Waals surface area contributed by atoms with Crippen LogP contribution < -0.4 is 5.73 Å². The minimum atomic E-state index is -4.10. The molecule has 2 fully saturated rings. The molecule has 0 spiro atoms. The van der Waals surface area contributed by atoms with Gasteiger partial charge < -0.3 is 20.8 Å². The second-order valence-electron chi connectivity index (χ2n) is 7.54. The number of hydrogen-bond donors (Lipinski definition) is 3. The maximum absolute atomic E-state index is 13.2. The number of primary amides is 1. The molecule has 2 amide bonds. The standard InChI is InChI=1S/C18H24ClN3O6S/c19-14-3-1-2-13(10-14)12-4-8-22(9-5-12)29(27,28)15-6-7-21(17(20)25)11-18(15,26)16(23)24/h1-3,10,12,15,26H,4-9,11H2,(H2,20,25)(H,23,24). The highest BCUT2D eigenvalue weighted by Crippen LogP contribution is 2.35. The van der Waals surface area contributed by atoms with Gasteiger partial charge in [0.25, 0.3) is 0 Å². The van der Waals surface area contributed by atoms with Crippen LogP contribution in [0.25, 0.3) is 0 Å². The first-order valence-corrected chi connectivity index (χ1v) is 11.2. The number of piperidine rings is 2. The lowest BCUT2D eigenvalue weighted by atomic mass is 9.90. The maximum atomic E-state index is 13.2. The molecule has 0 aromatic heterocycles. The smallest absolute Gasteiger partial charge is 0.339 e. The molecule has 1 aromatic rings. The number of hydrogen-bond acceptors (Lipinski definition) is 5. The number of aliphatic carboxylic acids is 1. The summed E-state index contributed by atoms with van der Waals surface area (Å²) in [5.74, 6) is -1.54. The number of nitrogens with two attached hydrogens (primary N) is 1. The quantitative estimate of drug-likeness (QED) is 0.626. The fraction of sp³-hybridized carbons (Fsp3) is 0.556. The molecule has 9 nitrogen and oxygen atoms in total. The molecule has 2 atom stereocenters. The van der Waals surface area contributed by atoms with E-state index in [4.69, 9.17) is 17.3 Å².